The number of anilines is 1. The van der Waals surface area contributed by atoms with Crippen LogP contribution < -0.4 is 10.6 Å². The number of ether oxygens (including phenoxy) is 1. The van der Waals surface area contributed by atoms with E-state index in [0.717, 1.165) is 4.88 Å². The molecule has 0 saturated carbocycles. The third kappa shape index (κ3) is 4.47. The maximum Gasteiger partial charge on any atom is 0.341 e. The van der Waals surface area contributed by atoms with Gasteiger partial charge in [-0.15, -0.1) is 11.3 Å². The summed E-state index contributed by atoms with van der Waals surface area (Å²) in [5.74, 6) is -2.40. The van der Waals surface area contributed by atoms with Gasteiger partial charge in [0.25, 0.3) is 0 Å². The van der Waals surface area contributed by atoms with Crippen molar-refractivity contribution in [1.82, 2.24) is 5.32 Å². The molecule has 0 bridgehead atoms. The Hall–Kier alpha value is -2.71. The lowest BCUT2D eigenvalue weighted by atomic mass is 10.1. The van der Waals surface area contributed by atoms with Crippen molar-refractivity contribution >= 4 is 34.1 Å². The number of methoxy groups -OCH3 is 1. The highest BCUT2D eigenvalue weighted by atomic mass is 32.1. The predicted octanol–water partition coefficient (Wildman–Crippen LogP) is 1.94. The largest absolute Gasteiger partial charge is 0.465 e. The zero-order valence-electron chi connectivity index (χ0n) is 14.7. The van der Waals surface area contributed by atoms with Gasteiger partial charge in [-0.2, -0.15) is 0 Å². The van der Waals surface area contributed by atoms with E-state index in [4.69, 9.17) is 4.74 Å². The molecule has 138 valence electrons. The molecule has 0 saturated heterocycles. The summed E-state index contributed by atoms with van der Waals surface area (Å²) in [7, 11) is 1.25. The van der Waals surface area contributed by atoms with Gasteiger partial charge in [-0.1, -0.05) is 30.3 Å². The number of aliphatic hydroxyl groups is 1. The SMILES string of the molecule is COC(=O)c1c(NC(=O)C(=O)NC[C@H](O)c2ccccc2)sc(C)c1C. The number of hydrogen-bond donors (Lipinski definition) is 3. The molecule has 2 amide bonds. The summed E-state index contributed by atoms with van der Waals surface area (Å²) >= 11 is 1.19. The molecule has 0 aliphatic carbocycles. The van der Waals surface area contributed by atoms with Crippen LogP contribution in [0.1, 0.15) is 32.5 Å². The smallest absolute Gasteiger partial charge is 0.341 e. The highest BCUT2D eigenvalue weighted by molar-refractivity contribution is 7.17. The van der Waals surface area contributed by atoms with Gasteiger partial charge >= 0.3 is 17.8 Å². The number of thiophene rings is 1. The Kier molecular flexibility index (Phi) is 6.48. The number of rotatable bonds is 5. The summed E-state index contributed by atoms with van der Waals surface area (Å²) < 4.78 is 4.72. The number of amides is 2. The van der Waals surface area contributed by atoms with Crippen LogP contribution in [-0.2, 0) is 14.3 Å². The number of aliphatic hydroxyl groups excluding tert-OH is 1. The zero-order valence-corrected chi connectivity index (χ0v) is 15.5. The molecule has 0 unspecified atom stereocenters. The van der Waals surface area contributed by atoms with Gasteiger partial charge in [-0.05, 0) is 25.0 Å². The molecular formula is C18H20N2O5S. The van der Waals surface area contributed by atoms with Gasteiger partial charge in [0.2, 0.25) is 0 Å². The van der Waals surface area contributed by atoms with Crippen LogP contribution in [0.25, 0.3) is 0 Å². The van der Waals surface area contributed by atoms with E-state index in [-0.39, 0.29) is 17.1 Å². The summed E-state index contributed by atoms with van der Waals surface area (Å²) in [5.41, 5.74) is 1.56. The molecule has 1 aromatic carbocycles. The lowest BCUT2D eigenvalue weighted by Gasteiger charge is -2.12. The van der Waals surface area contributed by atoms with Crippen molar-refractivity contribution in [2.24, 2.45) is 0 Å². The van der Waals surface area contributed by atoms with Crippen LogP contribution in [0.2, 0.25) is 0 Å². The third-order valence-electron chi connectivity index (χ3n) is 3.85. The number of carbonyl (C=O) groups excluding carboxylic acids is 3. The van der Waals surface area contributed by atoms with E-state index >= 15 is 0 Å². The number of benzene rings is 1. The predicted molar refractivity (Wildman–Crippen MR) is 98.2 cm³/mol. The Bertz CT molecular complexity index is 816. The van der Waals surface area contributed by atoms with E-state index in [0.29, 0.717) is 11.1 Å². The summed E-state index contributed by atoms with van der Waals surface area (Å²) in [5, 5.41) is 15.1. The molecule has 0 aliphatic heterocycles. The number of hydrogen-bond acceptors (Lipinski definition) is 6. The lowest BCUT2D eigenvalue weighted by molar-refractivity contribution is -0.136. The van der Waals surface area contributed by atoms with E-state index in [1.54, 1.807) is 38.1 Å². The second-order valence-electron chi connectivity index (χ2n) is 5.57. The van der Waals surface area contributed by atoms with Gasteiger partial charge in [0.15, 0.2) is 0 Å². The summed E-state index contributed by atoms with van der Waals surface area (Å²) in [6.45, 7) is 3.44. The fraction of sp³-hybridized carbons (Fsp3) is 0.278. The summed E-state index contributed by atoms with van der Waals surface area (Å²) in [6, 6.07) is 8.78. The molecule has 0 fully saturated rings. The molecule has 0 radical (unpaired) electrons. The molecular weight excluding hydrogens is 356 g/mol. The van der Waals surface area contributed by atoms with Crippen LogP contribution in [0.5, 0.6) is 0 Å². The first-order chi connectivity index (χ1) is 12.3. The van der Waals surface area contributed by atoms with Crippen molar-refractivity contribution in [3.63, 3.8) is 0 Å². The summed E-state index contributed by atoms with van der Waals surface area (Å²) in [6.07, 6.45) is -0.926. The Morgan fingerprint density at radius 3 is 2.42 bits per heavy atom. The molecule has 8 heteroatoms. The van der Waals surface area contributed by atoms with Crippen LogP contribution in [0.15, 0.2) is 30.3 Å². The molecule has 1 atom stereocenters. The zero-order chi connectivity index (χ0) is 19.3. The van der Waals surface area contributed by atoms with Gasteiger partial charge in [0.1, 0.15) is 5.00 Å². The van der Waals surface area contributed by atoms with E-state index < -0.39 is 23.9 Å². The minimum Gasteiger partial charge on any atom is -0.465 e. The van der Waals surface area contributed by atoms with Crippen LogP contribution in [-0.4, -0.2) is 36.5 Å². The minimum absolute atomic E-state index is 0.109. The molecule has 2 rings (SSSR count). The number of carbonyl (C=O) groups is 3. The van der Waals surface area contributed by atoms with E-state index in [9.17, 15) is 19.5 Å². The molecule has 2 aromatic rings. The number of esters is 1. The molecule has 0 spiro atoms. The van der Waals surface area contributed by atoms with E-state index in [1.165, 1.54) is 18.4 Å². The quantitative estimate of drug-likeness (QED) is 0.546. The summed E-state index contributed by atoms with van der Waals surface area (Å²) in [4.78, 5) is 36.8. The Morgan fingerprint density at radius 2 is 1.81 bits per heavy atom. The average molecular weight is 376 g/mol. The van der Waals surface area contributed by atoms with Crippen molar-refractivity contribution in [3.05, 3.63) is 51.9 Å². The molecule has 26 heavy (non-hydrogen) atoms. The molecule has 3 N–H and O–H groups in total. The molecule has 1 aromatic heterocycles. The fourth-order valence-corrected chi connectivity index (χ4v) is 3.33. The maximum atomic E-state index is 12.1. The Balaban J connectivity index is 2.01. The Labute approximate surface area is 155 Å². The highest BCUT2D eigenvalue weighted by Gasteiger charge is 2.24. The maximum absolute atomic E-state index is 12.1. The van der Waals surface area contributed by atoms with E-state index in [1.807, 2.05) is 6.07 Å². The average Bonchev–Trinajstić information content (AvgIpc) is 2.92. The van der Waals surface area contributed by atoms with Crippen molar-refractivity contribution in [1.29, 1.82) is 0 Å². The first-order valence-corrected chi connectivity index (χ1v) is 8.67. The monoisotopic (exact) mass is 376 g/mol. The second-order valence-corrected chi connectivity index (χ2v) is 6.79. The van der Waals surface area contributed by atoms with Crippen LogP contribution in [0.4, 0.5) is 5.00 Å². The molecule has 1 heterocycles. The van der Waals surface area contributed by atoms with Crippen molar-refractivity contribution in [3.8, 4) is 0 Å². The molecule has 0 aliphatic rings. The first-order valence-electron chi connectivity index (χ1n) is 7.85. The highest BCUT2D eigenvalue weighted by Crippen LogP contribution is 2.32. The van der Waals surface area contributed by atoms with Gasteiger partial charge in [-0.3, -0.25) is 9.59 Å². The standard InChI is InChI=1S/C18H20N2O5S/c1-10-11(2)26-17(14(10)18(24)25-3)20-16(23)15(22)19-9-13(21)12-7-5-4-6-8-12/h4-8,13,21H,9H2,1-3H3,(H,19,22)(H,20,23)/t13-/m0/s1. The van der Waals surface area contributed by atoms with Gasteiger partial charge in [0, 0.05) is 11.4 Å². The second kappa shape index (κ2) is 8.59. The van der Waals surface area contributed by atoms with Gasteiger partial charge in [0.05, 0.1) is 18.8 Å². The fourth-order valence-electron chi connectivity index (χ4n) is 2.29. The van der Waals surface area contributed by atoms with Crippen molar-refractivity contribution in [2.45, 2.75) is 20.0 Å². The number of aryl methyl sites for hydroxylation is 1. The van der Waals surface area contributed by atoms with Crippen molar-refractivity contribution < 1.29 is 24.2 Å². The number of nitrogens with one attached hydrogen (secondary N) is 2. The lowest BCUT2D eigenvalue weighted by Crippen LogP contribution is -2.37. The van der Waals surface area contributed by atoms with Crippen LogP contribution in [0.3, 0.4) is 0 Å². The Morgan fingerprint density at radius 1 is 1.15 bits per heavy atom. The molecule has 7 nitrogen and oxygen atoms in total. The third-order valence-corrected chi connectivity index (χ3v) is 4.97. The van der Waals surface area contributed by atoms with Gasteiger partial charge in [-0.25, -0.2) is 4.79 Å². The van der Waals surface area contributed by atoms with Crippen LogP contribution in [0, 0.1) is 13.8 Å². The normalized spacial score (nSPS) is 11.5. The van der Waals surface area contributed by atoms with Crippen LogP contribution >= 0.6 is 11.3 Å². The minimum atomic E-state index is -0.926. The van der Waals surface area contributed by atoms with Crippen molar-refractivity contribution in [2.75, 3.05) is 19.0 Å². The topological polar surface area (TPSA) is 105 Å². The first kappa shape index (κ1) is 19.6. The van der Waals surface area contributed by atoms with E-state index in [2.05, 4.69) is 10.6 Å². The van der Waals surface area contributed by atoms with Gasteiger partial charge < -0.3 is 20.5 Å².